The second-order valence-corrected chi connectivity index (χ2v) is 5.14. The first-order valence-electron chi connectivity index (χ1n) is 5.36. The number of pyridine rings is 1. The van der Waals surface area contributed by atoms with E-state index >= 15 is 0 Å². The maximum absolute atomic E-state index is 6.09. The second-order valence-electron chi connectivity index (χ2n) is 3.94. The summed E-state index contributed by atoms with van der Waals surface area (Å²) < 4.78 is 0. The number of hydrogen-bond acceptors (Lipinski definition) is 2. The van der Waals surface area contributed by atoms with Crippen LogP contribution >= 0.6 is 34.8 Å². The lowest BCUT2D eigenvalue weighted by Crippen LogP contribution is -2.01. The molecule has 0 aliphatic rings. The summed E-state index contributed by atoms with van der Waals surface area (Å²) in [6.07, 6.45) is 1.72. The molecule has 1 aromatic heterocycles. The highest BCUT2D eigenvalue weighted by Gasteiger charge is 2.04. The number of hydrogen-bond donors (Lipinski definition) is 1. The van der Waals surface area contributed by atoms with Crippen molar-refractivity contribution in [3.63, 3.8) is 0 Å². The van der Waals surface area contributed by atoms with Gasteiger partial charge in [-0.2, -0.15) is 0 Å². The van der Waals surface area contributed by atoms with Crippen molar-refractivity contribution in [1.82, 2.24) is 4.98 Å². The lowest BCUT2D eigenvalue weighted by atomic mass is 10.2. The number of nitrogens with one attached hydrogen (secondary N) is 1. The zero-order valence-corrected chi connectivity index (χ0v) is 11.9. The number of rotatable bonds is 3. The highest BCUT2D eigenvalue weighted by atomic mass is 35.5. The van der Waals surface area contributed by atoms with Crippen molar-refractivity contribution >= 4 is 40.5 Å². The van der Waals surface area contributed by atoms with Gasteiger partial charge in [0.05, 0.1) is 5.69 Å². The monoisotopic (exact) mass is 300 g/mol. The van der Waals surface area contributed by atoms with Crippen molar-refractivity contribution in [2.45, 2.75) is 13.5 Å². The smallest absolute Gasteiger partial charge is 0.152 e. The van der Waals surface area contributed by atoms with Crippen molar-refractivity contribution in [1.29, 1.82) is 0 Å². The molecule has 0 atom stereocenters. The Kier molecular flexibility index (Phi) is 4.33. The minimum absolute atomic E-state index is 0.450. The van der Waals surface area contributed by atoms with E-state index in [-0.39, 0.29) is 0 Å². The highest BCUT2D eigenvalue weighted by molar-refractivity contribution is 6.35. The Labute approximate surface area is 121 Å². The van der Waals surface area contributed by atoms with Crippen LogP contribution in [0, 0.1) is 6.92 Å². The Morgan fingerprint density at radius 2 is 1.94 bits per heavy atom. The first-order valence-corrected chi connectivity index (χ1v) is 6.49. The summed E-state index contributed by atoms with van der Waals surface area (Å²) >= 11 is 17.9. The number of aromatic nitrogens is 1. The standard InChI is InChI=1S/C13H11Cl3N2/c1-8-4-12(13(16)18-6-8)17-7-9-2-3-10(14)5-11(9)15/h2-6,17H,7H2,1H3. The number of halogens is 3. The molecular weight excluding hydrogens is 291 g/mol. The van der Waals surface area contributed by atoms with E-state index in [0.717, 1.165) is 16.8 Å². The van der Waals surface area contributed by atoms with Crippen LogP contribution in [0.5, 0.6) is 0 Å². The molecule has 5 heteroatoms. The average Bonchev–Trinajstić information content (AvgIpc) is 2.32. The zero-order chi connectivity index (χ0) is 13.1. The van der Waals surface area contributed by atoms with Crippen LogP contribution in [-0.4, -0.2) is 4.98 Å². The first-order chi connectivity index (χ1) is 8.56. The minimum Gasteiger partial charge on any atom is -0.378 e. The quantitative estimate of drug-likeness (QED) is 0.810. The van der Waals surface area contributed by atoms with E-state index in [1.54, 1.807) is 18.3 Å². The van der Waals surface area contributed by atoms with Gasteiger partial charge in [0.15, 0.2) is 5.15 Å². The van der Waals surface area contributed by atoms with Gasteiger partial charge in [-0.3, -0.25) is 0 Å². The molecule has 94 valence electrons. The summed E-state index contributed by atoms with van der Waals surface area (Å²) in [7, 11) is 0. The third-order valence-corrected chi connectivity index (χ3v) is 3.35. The largest absolute Gasteiger partial charge is 0.378 e. The molecule has 0 radical (unpaired) electrons. The Hall–Kier alpha value is -0.960. The van der Waals surface area contributed by atoms with Crippen LogP contribution in [-0.2, 0) is 6.54 Å². The molecule has 1 heterocycles. The maximum Gasteiger partial charge on any atom is 0.152 e. The van der Waals surface area contributed by atoms with Crippen LogP contribution in [0.3, 0.4) is 0 Å². The lowest BCUT2D eigenvalue weighted by molar-refractivity contribution is 1.13. The van der Waals surface area contributed by atoms with Crippen LogP contribution in [0.2, 0.25) is 15.2 Å². The molecule has 18 heavy (non-hydrogen) atoms. The van der Waals surface area contributed by atoms with Crippen LogP contribution in [0.1, 0.15) is 11.1 Å². The molecular formula is C13H11Cl3N2. The molecule has 0 saturated carbocycles. The van der Waals surface area contributed by atoms with Crippen LogP contribution in [0.25, 0.3) is 0 Å². The van der Waals surface area contributed by atoms with E-state index in [0.29, 0.717) is 21.7 Å². The minimum atomic E-state index is 0.450. The average molecular weight is 302 g/mol. The van der Waals surface area contributed by atoms with E-state index in [1.165, 1.54) is 0 Å². The SMILES string of the molecule is Cc1cnc(Cl)c(NCc2ccc(Cl)cc2Cl)c1. The molecule has 1 aromatic carbocycles. The van der Waals surface area contributed by atoms with E-state index in [4.69, 9.17) is 34.8 Å². The second kappa shape index (κ2) is 5.79. The van der Waals surface area contributed by atoms with Crippen LogP contribution < -0.4 is 5.32 Å². The third kappa shape index (κ3) is 3.29. The van der Waals surface area contributed by atoms with Crippen molar-refractivity contribution < 1.29 is 0 Å². The summed E-state index contributed by atoms with van der Waals surface area (Å²) in [5.41, 5.74) is 2.80. The summed E-state index contributed by atoms with van der Waals surface area (Å²) in [6.45, 7) is 2.53. The molecule has 0 bridgehead atoms. The summed E-state index contributed by atoms with van der Waals surface area (Å²) in [5.74, 6) is 0. The Morgan fingerprint density at radius 1 is 1.17 bits per heavy atom. The fourth-order valence-electron chi connectivity index (χ4n) is 1.53. The van der Waals surface area contributed by atoms with Crippen LogP contribution in [0.15, 0.2) is 30.5 Å². The molecule has 0 amide bonds. The van der Waals surface area contributed by atoms with Gasteiger partial charge in [-0.05, 0) is 36.2 Å². The molecule has 2 aromatic rings. The normalized spacial score (nSPS) is 10.4. The van der Waals surface area contributed by atoms with Gasteiger partial charge in [0.1, 0.15) is 0 Å². The molecule has 0 aliphatic carbocycles. The molecule has 2 nitrogen and oxygen atoms in total. The van der Waals surface area contributed by atoms with Crippen molar-refractivity contribution in [3.05, 3.63) is 56.8 Å². The molecule has 0 unspecified atom stereocenters. The molecule has 0 aliphatic heterocycles. The topological polar surface area (TPSA) is 24.9 Å². The molecule has 0 spiro atoms. The van der Waals surface area contributed by atoms with E-state index in [9.17, 15) is 0 Å². The van der Waals surface area contributed by atoms with Gasteiger partial charge >= 0.3 is 0 Å². The third-order valence-electron chi connectivity index (χ3n) is 2.46. The summed E-state index contributed by atoms with van der Waals surface area (Å²) in [6, 6.07) is 7.35. The molecule has 2 rings (SSSR count). The van der Waals surface area contributed by atoms with Crippen LogP contribution in [0.4, 0.5) is 5.69 Å². The fraction of sp³-hybridized carbons (Fsp3) is 0.154. The molecule has 0 saturated heterocycles. The summed E-state index contributed by atoms with van der Waals surface area (Å²) in [4.78, 5) is 4.08. The number of aryl methyl sites for hydroxylation is 1. The Bertz CT molecular complexity index is 570. The van der Waals surface area contributed by atoms with E-state index in [1.807, 2.05) is 19.1 Å². The first kappa shape index (κ1) is 13.5. The lowest BCUT2D eigenvalue weighted by Gasteiger charge is -2.10. The van der Waals surface area contributed by atoms with E-state index < -0.39 is 0 Å². The van der Waals surface area contributed by atoms with Crippen molar-refractivity contribution in [2.75, 3.05) is 5.32 Å². The molecule has 0 fully saturated rings. The number of anilines is 1. The van der Waals surface area contributed by atoms with Crippen molar-refractivity contribution in [3.8, 4) is 0 Å². The number of nitrogens with zero attached hydrogens (tertiary/aromatic N) is 1. The number of benzene rings is 1. The zero-order valence-electron chi connectivity index (χ0n) is 9.67. The van der Waals surface area contributed by atoms with Gasteiger partial charge < -0.3 is 5.32 Å². The van der Waals surface area contributed by atoms with Gasteiger partial charge in [-0.15, -0.1) is 0 Å². The predicted octanol–water partition coefficient (Wildman–Crippen LogP) is 4.96. The maximum atomic E-state index is 6.09. The van der Waals surface area contributed by atoms with Gasteiger partial charge in [0.2, 0.25) is 0 Å². The highest BCUT2D eigenvalue weighted by Crippen LogP contribution is 2.24. The Balaban J connectivity index is 2.13. The van der Waals surface area contributed by atoms with Gasteiger partial charge in [0.25, 0.3) is 0 Å². The summed E-state index contributed by atoms with van der Waals surface area (Å²) in [5, 5.41) is 4.91. The van der Waals surface area contributed by atoms with Crippen molar-refractivity contribution in [2.24, 2.45) is 0 Å². The predicted molar refractivity (Wildman–Crippen MR) is 77.8 cm³/mol. The van der Waals surface area contributed by atoms with Gasteiger partial charge in [0, 0.05) is 22.8 Å². The van der Waals surface area contributed by atoms with Gasteiger partial charge in [-0.1, -0.05) is 40.9 Å². The fourth-order valence-corrected chi connectivity index (χ4v) is 2.18. The Morgan fingerprint density at radius 3 is 2.67 bits per heavy atom. The molecule has 1 N–H and O–H groups in total. The van der Waals surface area contributed by atoms with Gasteiger partial charge in [-0.25, -0.2) is 4.98 Å². The van der Waals surface area contributed by atoms with E-state index in [2.05, 4.69) is 10.3 Å².